The maximum Gasteiger partial charge on any atom is 1.00 e. The molecule has 20 heavy (non-hydrogen) atoms. The van der Waals surface area contributed by atoms with Gasteiger partial charge in [0.05, 0.1) is 5.56 Å². The topological polar surface area (TPSA) is 69.6 Å². The molecule has 0 bridgehead atoms. The summed E-state index contributed by atoms with van der Waals surface area (Å²) in [5.41, 5.74) is 1.54. The predicted molar refractivity (Wildman–Crippen MR) is 75.6 cm³/mol. The minimum atomic E-state index is -0.980. The van der Waals surface area contributed by atoms with Crippen molar-refractivity contribution in [3.05, 3.63) is 41.5 Å². The van der Waals surface area contributed by atoms with Gasteiger partial charge in [0.1, 0.15) is 0 Å². The van der Waals surface area contributed by atoms with E-state index in [2.05, 4.69) is 5.32 Å². The number of carbonyl (C=O) groups is 2. The normalized spacial score (nSPS) is 10.4. The molecule has 0 unspecified atom stereocenters. The Morgan fingerprint density at radius 2 is 2.05 bits per heavy atom. The number of amides is 1. The molecule has 6 heteroatoms. The van der Waals surface area contributed by atoms with Gasteiger partial charge in [-0.05, 0) is 44.8 Å². The molecule has 0 saturated heterocycles. The summed E-state index contributed by atoms with van der Waals surface area (Å²) in [5.74, 6) is -1.21. The van der Waals surface area contributed by atoms with E-state index >= 15 is 0 Å². The zero-order valence-electron chi connectivity index (χ0n) is 13.3. The predicted octanol–water partition coefficient (Wildman–Crippen LogP) is -1.13. The fourth-order valence-corrected chi connectivity index (χ4v) is 1.48. The van der Waals surface area contributed by atoms with Gasteiger partial charge in [-0.2, -0.15) is 0 Å². The standard InChI is InChI=1S/C14H18N2O3.Na.H/c1-10-9-11(14(18)19)6-7-12(10)15-13(17)5-4-8-16(2)3;;/h4-7,9H,8H2,1-3H3,(H,15,17)(H,18,19);;/q;+1;-1/b5-4+;;. The first-order valence-electron chi connectivity index (χ1n) is 5.86. The van der Waals surface area contributed by atoms with Gasteiger partial charge in [-0.1, -0.05) is 6.08 Å². The quantitative estimate of drug-likeness (QED) is 0.531. The van der Waals surface area contributed by atoms with E-state index in [0.717, 1.165) is 0 Å². The number of hydrogen-bond donors (Lipinski definition) is 2. The molecule has 0 radical (unpaired) electrons. The molecule has 0 aliphatic carbocycles. The van der Waals surface area contributed by atoms with E-state index in [4.69, 9.17) is 5.11 Å². The Morgan fingerprint density at radius 3 is 2.55 bits per heavy atom. The maximum absolute atomic E-state index is 11.6. The summed E-state index contributed by atoms with van der Waals surface area (Å²) in [7, 11) is 3.83. The summed E-state index contributed by atoms with van der Waals surface area (Å²) in [4.78, 5) is 24.4. The molecule has 0 atom stereocenters. The summed E-state index contributed by atoms with van der Waals surface area (Å²) < 4.78 is 0. The Hall–Kier alpha value is -1.14. The van der Waals surface area contributed by atoms with Crippen molar-refractivity contribution >= 4 is 17.6 Å². The smallest absolute Gasteiger partial charge is 1.00 e. The van der Waals surface area contributed by atoms with Crippen LogP contribution in [0.3, 0.4) is 0 Å². The van der Waals surface area contributed by atoms with Crippen molar-refractivity contribution in [2.75, 3.05) is 26.0 Å². The van der Waals surface area contributed by atoms with Gasteiger partial charge < -0.3 is 16.7 Å². The van der Waals surface area contributed by atoms with E-state index in [1.54, 1.807) is 19.1 Å². The summed E-state index contributed by atoms with van der Waals surface area (Å²) in [5, 5.41) is 11.6. The molecule has 0 aromatic heterocycles. The zero-order valence-corrected chi connectivity index (χ0v) is 14.3. The van der Waals surface area contributed by atoms with Crippen molar-refractivity contribution in [2.45, 2.75) is 6.92 Å². The molecule has 1 amide bonds. The second-order valence-corrected chi connectivity index (χ2v) is 4.49. The van der Waals surface area contributed by atoms with E-state index in [1.165, 1.54) is 18.2 Å². The van der Waals surface area contributed by atoms with Crippen LogP contribution in [0.1, 0.15) is 17.3 Å². The van der Waals surface area contributed by atoms with Crippen LogP contribution in [0.15, 0.2) is 30.4 Å². The molecule has 0 spiro atoms. The number of aryl methyl sites for hydroxylation is 1. The van der Waals surface area contributed by atoms with Gasteiger partial charge in [0.2, 0.25) is 5.91 Å². The fourth-order valence-electron chi connectivity index (χ4n) is 1.48. The third-order valence-corrected chi connectivity index (χ3v) is 2.47. The molecule has 0 aliphatic rings. The Bertz CT molecular complexity index is 519. The third kappa shape index (κ3) is 6.34. The number of anilines is 1. The third-order valence-electron chi connectivity index (χ3n) is 2.47. The summed E-state index contributed by atoms with van der Waals surface area (Å²) in [6.07, 6.45) is 3.22. The summed E-state index contributed by atoms with van der Waals surface area (Å²) in [6, 6.07) is 4.59. The average molecular weight is 286 g/mol. The molecule has 5 nitrogen and oxygen atoms in total. The first-order chi connectivity index (χ1) is 8.90. The van der Waals surface area contributed by atoms with Gasteiger partial charge in [-0.25, -0.2) is 4.79 Å². The number of nitrogens with one attached hydrogen (secondary N) is 1. The Kier molecular flexibility index (Phi) is 8.41. The van der Waals surface area contributed by atoms with Crippen molar-refractivity contribution in [1.82, 2.24) is 4.90 Å². The largest absolute Gasteiger partial charge is 1.00 e. The van der Waals surface area contributed by atoms with Crippen molar-refractivity contribution in [2.24, 2.45) is 0 Å². The van der Waals surface area contributed by atoms with Gasteiger partial charge in [-0.15, -0.1) is 0 Å². The molecule has 0 saturated carbocycles. The van der Waals surface area contributed by atoms with Gasteiger partial charge in [0, 0.05) is 18.3 Å². The van der Waals surface area contributed by atoms with E-state index in [9.17, 15) is 9.59 Å². The van der Waals surface area contributed by atoms with Crippen LogP contribution in [0.5, 0.6) is 0 Å². The van der Waals surface area contributed by atoms with E-state index in [0.29, 0.717) is 17.8 Å². The minimum Gasteiger partial charge on any atom is -1.00 e. The molecule has 1 aromatic carbocycles. The first kappa shape index (κ1) is 18.9. The maximum atomic E-state index is 11.6. The van der Waals surface area contributed by atoms with E-state index in [1.807, 2.05) is 19.0 Å². The number of aromatic carboxylic acids is 1. The Labute approximate surface area is 142 Å². The summed E-state index contributed by atoms with van der Waals surface area (Å²) in [6.45, 7) is 2.44. The van der Waals surface area contributed by atoms with E-state index < -0.39 is 5.97 Å². The molecular formula is C14H19N2NaO3. The summed E-state index contributed by atoms with van der Waals surface area (Å²) >= 11 is 0. The number of carboxylic acids is 1. The first-order valence-corrected chi connectivity index (χ1v) is 5.86. The number of likely N-dealkylation sites (N-methyl/N-ethyl adjacent to an activating group) is 1. The average Bonchev–Trinajstić information content (AvgIpc) is 2.31. The Balaban J connectivity index is 0. The van der Waals surface area contributed by atoms with Gasteiger partial charge in [0.25, 0.3) is 0 Å². The van der Waals surface area contributed by atoms with Crippen LogP contribution in [0.25, 0.3) is 0 Å². The van der Waals surface area contributed by atoms with Gasteiger partial charge >= 0.3 is 35.5 Å². The van der Waals surface area contributed by atoms with Crippen LogP contribution in [0.2, 0.25) is 0 Å². The van der Waals surface area contributed by atoms with Gasteiger partial charge in [-0.3, -0.25) is 4.79 Å². The SMILES string of the molecule is Cc1cc(C(=O)O)ccc1NC(=O)/C=C/CN(C)C.[H-].[Na+]. The number of hydrogen-bond acceptors (Lipinski definition) is 3. The second kappa shape index (κ2) is 8.92. The zero-order chi connectivity index (χ0) is 14.4. The van der Waals surface area contributed by atoms with Crippen LogP contribution < -0.4 is 34.9 Å². The van der Waals surface area contributed by atoms with Crippen molar-refractivity contribution < 1.29 is 45.7 Å². The van der Waals surface area contributed by atoms with Crippen molar-refractivity contribution in [3.63, 3.8) is 0 Å². The molecule has 1 aromatic rings. The molecule has 0 aliphatic heterocycles. The fraction of sp³-hybridized carbons (Fsp3) is 0.286. The van der Waals surface area contributed by atoms with Crippen molar-refractivity contribution in [1.29, 1.82) is 0 Å². The minimum absolute atomic E-state index is 0. The Morgan fingerprint density at radius 1 is 1.40 bits per heavy atom. The van der Waals surface area contributed by atoms with Crippen LogP contribution in [-0.4, -0.2) is 42.5 Å². The number of carboxylic acid groups (broad SMARTS) is 1. The van der Waals surface area contributed by atoms with Crippen molar-refractivity contribution in [3.8, 4) is 0 Å². The molecule has 2 N–H and O–H groups in total. The number of benzene rings is 1. The van der Waals surface area contributed by atoms with E-state index in [-0.39, 0.29) is 42.5 Å². The van der Waals surface area contributed by atoms with Gasteiger partial charge in [0.15, 0.2) is 0 Å². The van der Waals surface area contributed by atoms with Crippen LogP contribution >= 0.6 is 0 Å². The second-order valence-electron chi connectivity index (χ2n) is 4.49. The monoisotopic (exact) mass is 286 g/mol. The molecule has 1 rings (SSSR count). The molecule has 104 valence electrons. The molecular weight excluding hydrogens is 267 g/mol. The molecule has 0 fully saturated rings. The number of nitrogens with zero attached hydrogens (tertiary/aromatic N) is 1. The molecule has 0 heterocycles. The number of carbonyl (C=O) groups excluding carboxylic acids is 1. The van der Waals surface area contributed by atoms with Crippen LogP contribution in [0.4, 0.5) is 5.69 Å². The van der Waals surface area contributed by atoms with Crippen LogP contribution in [-0.2, 0) is 4.79 Å². The van der Waals surface area contributed by atoms with Crippen LogP contribution in [0, 0.1) is 6.92 Å². The number of rotatable bonds is 5.